The zero-order valence-electron chi connectivity index (χ0n) is 20.6. The molecule has 3 atom stereocenters. The Bertz CT molecular complexity index is 1390. The van der Waals surface area contributed by atoms with Gasteiger partial charge in [-0.25, -0.2) is 14.8 Å². The number of fused-ring (bicyclic) bond motifs is 4. The molecule has 37 heavy (non-hydrogen) atoms. The van der Waals surface area contributed by atoms with Crippen LogP contribution in [0, 0.1) is 11.3 Å². The summed E-state index contributed by atoms with van der Waals surface area (Å²) in [6.45, 7) is 4.61. The molecule has 2 unspecified atom stereocenters. The van der Waals surface area contributed by atoms with Crippen LogP contribution < -0.4 is 5.32 Å². The highest BCUT2D eigenvalue weighted by atomic mass is 16.5. The SMILES string of the molecule is N#Cc1c[nH]c2ncc(-c3cc4c(c([C@@H]5COCCN5)c3)CN(C(=O)N3C5CCC3COC5)CC4)nc12. The molecule has 0 radical (unpaired) electrons. The van der Waals surface area contributed by atoms with Crippen LogP contribution in [0.3, 0.4) is 0 Å². The molecule has 0 aliphatic carbocycles. The molecule has 4 aliphatic rings. The number of aromatic amines is 1. The average Bonchev–Trinajstić information content (AvgIpc) is 3.48. The van der Waals surface area contributed by atoms with E-state index in [1.54, 1.807) is 12.4 Å². The van der Waals surface area contributed by atoms with Crippen LogP contribution in [0.4, 0.5) is 4.79 Å². The Morgan fingerprint density at radius 2 is 2.03 bits per heavy atom. The predicted molar refractivity (Wildman–Crippen MR) is 135 cm³/mol. The fourth-order valence-electron chi connectivity index (χ4n) is 6.30. The molecular weight excluding hydrogens is 470 g/mol. The number of nitriles is 1. The molecule has 1 aromatic carbocycles. The van der Waals surface area contributed by atoms with Gasteiger partial charge >= 0.3 is 6.03 Å². The third-order valence-corrected chi connectivity index (χ3v) is 8.20. The van der Waals surface area contributed by atoms with E-state index in [4.69, 9.17) is 14.5 Å². The summed E-state index contributed by atoms with van der Waals surface area (Å²) in [4.78, 5) is 30.1. The van der Waals surface area contributed by atoms with Crippen molar-refractivity contribution in [3.05, 3.63) is 46.8 Å². The van der Waals surface area contributed by atoms with E-state index >= 15 is 0 Å². The van der Waals surface area contributed by atoms with Gasteiger partial charge in [-0.05, 0) is 48.1 Å². The van der Waals surface area contributed by atoms with E-state index in [1.807, 2.05) is 4.90 Å². The second kappa shape index (κ2) is 9.10. The highest BCUT2D eigenvalue weighted by Crippen LogP contribution is 2.35. The topological polar surface area (TPSA) is 119 Å². The number of H-pyrrole nitrogens is 1. The van der Waals surface area contributed by atoms with Crippen molar-refractivity contribution < 1.29 is 14.3 Å². The van der Waals surface area contributed by atoms with Crippen molar-refractivity contribution in [2.75, 3.05) is 39.5 Å². The van der Waals surface area contributed by atoms with Gasteiger partial charge in [-0.3, -0.25) is 0 Å². The van der Waals surface area contributed by atoms with Crippen LogP contribution in [0.25, 0.3) is 22.4 Å². The first kappa shape index (κ1) is 22.7. The summed E-state index contributed by atoms with van der Waals surface area (Å²) in [5.74, 6) is 0. The van der Waals surface area contributed by atoms with E-state index in [9.17, 15) is 10.1 Å². The summed E-state index contributed by atoms with van der Waals surface area (Å²) in [5, 5.41) is 13.1. The van der Waals surface area contributed by atoms with Crippen molar-refractivity contribution in [1.82, 2.24) is 30.1 Å². The first-order valence-electron chi connectivity index (χ1n) is 13.1. The summed E-state index contributed by atoms with van der Waals surface area (Å²) in [5.41, 5.74) is 6.93. The van der Waals surface area contributed by atoms with Gasteiger partial charge < -0.3 is 29.6 Å². The Morgan fingerprint density at radius 1 is 1.16 bits per heavy atom. The number of ether oxygens (including phenoxy) is 2. The van der Waals surface area contributed by atoms with E-state index in [0.717, 1.165) is 42.6 Å². The van der Waals surface area contributed by atoms with Crippen LogP contribution in [0.2, 0.25) is 0 Å². The van der Waals surface area contributed by atoms with Gasteiger partial charge in [-0.2, -0.15) is 5.26 Å². The Labute approximate surface area is 214 Å². The van der Waals surface area contributed by atoms with Crippen LogP contribution in [-0.2, 0) is 22.4 Å². The van der Waals surface area contributed by atoms with Gasteiger partial charge in [-0.15, -0.1) is 0 Å². The number of amides is 2. The molecule has 3 aromatic rings. The molecule has 3 saturated heterocycles. The Balaban J connectivity index is 1.25. The number of hydrogen-bond donors (Lipinski definition) is 2. The van der Waals surface area contributed by atoms with Gasteiger partial charge in [0.25, 0.3) is 0 Å². The zero-order valence-corrected chi connectivity index (χ0v) is 20.6. The summed E-state index contributed by atoms with van der Waals surface area (Å²) in [6.07, 6.45) is 6.22. The minimum Gasteiger partial charge on any atom is -0.378 e. The smallest absolute Gasteiger partial charge is 0.320 e. The lowest BCUT2D eigenvalue weighted by Crippen LogP contribution is -2.55. The highest BCUT2D eigenvalue weighted by Gasteiger charge is 2.42. The number of carbonyl (C=O) groups excluding carboxylic acids is 1. The number of rotatable bonds is 2. The van der Waals surface area contributed by atoms with Crippen molar-refractivity contribution in [3.63, 3.8) is 0 Å². The molecule has 2 aromatic heterocycles. The largest absolute Gasteiger partial charge is 0.378 e. The first-order chi connectivity index (χ1) is 18.2. The van der Waals surface area contributed by atoms with E-state index in [0.29, 0.717) is 56.2 Å². The van der Waals surface area contributed by atoms with Crippen molar-refractivity contribution in [2.24, 2.45) is 0 Å². The Hall–Kier alpha value is -3.52. The van der Waals surface area contributed by atoms with Gasteiger partial charge in [0.15, 0.2) is 5.65 Å². The van der Waals surface area contributed by atoms with Gasteiger partial charge in [0.2, 0.25) is 0 Å². The lowest BCUT2D eigenvalue weighted by molar-refractivity contribution is -0.00296. The number of morpholine rings is 2. The molecule has 3 fully saturated rings. The number of nitrogens with zero attached hydrogens (tertiary/aromatic N) is 5. The summed E-state index contributed by atoms with van der Waals surface area (Å²) in [6, 6.07) is 7.09. The van der Waals surface area contributed by atoms with Gasteiger partial charge in [-0.1, -0.05) is 0 Å². The van der Waals surface area contributed by atoms with Crippen molar-refractivity contribution in [1.29, 1.82) is 5.26 Å². The summed E-state index contributed by atoms with van der Waals surface area (Å²) < 4.78 is 11.5. The Morgan fingerprint density at radius 3 is 2.81 bits per heavy atom. The molecular formula is C27H29N7O3. The minimum absolute atomic E-state index is 0.0377. The molecule has 10 nitrogen and oxygen atoms in total. The Kier molecular flexibility index (Phi) is 5.57. The molecule has 6 heterocycles. The molecule has 2 N–H and O–H groups in total. The van der Waals surface area contributed by atoms with Crippen LogP contribution in [-0.4, -0.2) is 82.4 Å². The van der Waals surface area contributed by atoms with Gasteiger partial charge in [0.05, 0.1) is 62.0 Å². The number of aromatic nitrogens is 3. The number of hydrogen-bond acceptors (Lipinski definition) is 7. The lowest BCUT2D eigenvalue weighted by atomic mass is 9.88. The third-order valence-electron chi connectivity index (χ3n) is 8.20. The van der Waals surface area contributed by atoms with Crippen LogP contribution in [0.1, 0.15) is 41.1 Å². The summed E-state index contributed by atoms with van der Waals surface area (Å²) in [7, 11) is 0. The standard InChI is InChI=1S/C27H29N7O3/c28-9-18-10-30-26-25(18)32-23(11-31-26)17-7-16-3-5-33(27(35)34-19-1-2-20(34)14-37-13-19)12-22(16)21(8-17)24-15-36-6-4-29-24/h7-8,10-11,19-20,24,29H,1-6,12-15H2,(H,30,31)/t19?,20?,24-/m0/s1. The molecule has 7 rings (SSSR count). The third kappa shape index (κ3) is 3.85. The number of urea groups is 1. The van der Waals surface area contributed by atoms with E-state index < -0.39 is 0 Å². The van der Waals surface area contributed by atoms with E-state index in [-0.39, 0.29) is 24.2 Å². The fraction of sp³-hybridized carbons (Fsp3) is 0.481. The lowest BCUT2D eigenvalue weighted by Gasteiger charge is -2.40. The normalized spacial score (nSPS) is 25.2. The van der Waals surface area contributed by atoms with Crippen LogP contribution in [0.5, 0.6) is 0 Å². The molecule has 0 spiro atoms. The predicted octanol–water partition coefficient (Wildman–Crippen LogP) is 2.50. The second-order valence-corrected chi connectivity index (χ2v) is 10.3. The molecule has 2 bridgehead atoms. The highest BCUT2D eigenvalue weighted by molar-refractivity contribution is 5.81. The zero-order chi connectivity index (χ0) is 24.9. The van der Waals surface area contributed by atoms with Crippen molar-refractivity contribution in [3.8, 4) is 17.3 Å². The summed E-state index contributed by atoms with van der Waals surface area (Å²) >= 11 is 0. The number of carbonyl (C=O) groups is 1. The van der Waals surface area contributed by atoms with E-state index in [2.05, 4.69) is 38.4 Å². The maximum Gasteiger partial charge on any atom is 0.320 e. The molecule has 0 saturated carbocycles. The maximum atomic E-state index is 13.7. The van der Waals surface area contributed by atoms with Crippen molar-refractivity contribution >= 4 is 17.2 Å². The number of benzene rings is 1. The van der Waals surface area contributed by atoms with Crippen LogP contribution >= 0.6 is 0 Å². The molecule has 10 heteroatoms. The van der Waals surface area contributed by atoms with Gasteiger partial charge in [0.1, 0.15) is 11.6 Å². The average molecular weight is 500 g/mol. The number of nitrogens with one attached hydrogen (secondary N) is 2. The van der Waals surface area contributed by atoms with Gasteiger partial charge in [0, 0.05) is 31.4 Å². The monoisotopic (exact) mass is 499 g/mol. The quantitative estimate of drug-likeness (QED) is 0.556. The maximum absolute atomic E-state index is 13.7. The van der Waals surface area contributed by atoms with Crippen molar-refractivity contribution in [2.45, 2.75) is 43.9 Å². The molecule has 190 valence electrons. The fourth-order valence-corrected chi connectivity index (χ4v) is 6.30. The first-order valence-corrected chi connectivity index (χ1v) is 13.1. The molecule has 4 aliphatic heterocycles. The van der Waals surface area contributed by atoms with Crippen LogP contribution in [0.15, 0.2) is 24.5 Å². The second-order valence-electron chi connectivity index (χ2n) is 10.3. The minimum atomic E-state index is 0.0377. The van der Waals surface area contributed by atoms with E-state index in [1.165, 1.54) is 11.1 Å². The molecule has 2 amide bonds.